The number of ether oxygens (including phenoxy) is 3. The van der Waals surface area contributed by atoms with E-state index in [4.69, 9.17) is 19.9 Å². The molecular weight excluding hydrogens is 883 g/mol. The first-order valence-corrected chi connectivity index (χ1v) is 22.0. The third kappa shape index (κ3) is 7.67. The van der Waals surface area contributed by atoms with E-state index in [0.717, 1.165) is 10.4 Å². The number of carbonyl (C=O) groups excluding carboxylic acids is 4. The van der Waals surface area contributed by atoms with E-state index < -0.39 is 64.4 Å². The summed E-state index contributed by atoms with van der Waals surface area (Å²) < 4.78 is 19.6. The lowest BCUT2D eigenvalue weighted by atomic mass is 9.65. The number of hydrogen-bond donors (Lipinski definition) is 2. The Labute approximate surface area is 393 Å². The number of primary amides is 1. The van der Waals surface area contributed by atoms with Gasteiger partial charge in [0.05, 0.1) is 40.7 Å². The summed E-state index contributed by atoms with van der Waals surface area (Å²) in [7, 11) is 0. The van der Waals surface area contributed by atoms with Gasteiger partial charge in [-0.3, -0.25) is 29.4 Å². The van der Waals surface area contributed by atoms with Gasteiger partial charge in [-0.05, 0) is 82.4 Å². The van der Waals surface area contributed by atoms with Crippen molar-refractivity contribution in [3.8, 4) is 17.6 Å². The molecule has 3 aliphatic rings. The number of cyclic esters (lactones) is 1. The van der Waals surface area contributed by atoms with Gasteiger partial charge in [-0.25, -0.2) is 14.4 Å². The highest BCUT2D eigenvalue weighted by Crippen LogP contribution is 2.65. The van der Waals surface area contributed by atoms with Crippen LogP contribution in [0.5, 0.6) is 5.75 Å². The molecule has 6 aromatic carbocycles. The molecule has 3 N–H and O–H groups in total. The topological polar surface area (TPSA) is 223 Å². The number of aliphatic hydroxyl groups is 1. The van der Waals surface area contributed by atoms with Crippen LogP contribution in [-0.4, -0.2) is 73.1 Å². The highest BCUT2D eigenvalue weighted by molar-refractivity contribution is 6.23. The lowest BCUT2D eigenvalue weighted by Crippen LogP contribution is -2.55. The van der Waals surface area contributed by atoms with Crippen molar-refractivity contribution in [2.24, 2.45) is 11.7 Å². The maximum atomic E-state index is 16.2. The van der Waals surface area contributed by atoms with Gasteiger partial charge >= 0.3 is 12.1 Å². The Hall–Kier alpha value is -8.72. The molecule has 6 atom stereocenters. The van der Waals surface area contributed by atoms with Crippen LogP contribution < -0.4 is 15.4 Å². The molecule has 0 bridgehead atoms. The number of nitro benzene ring substituents is 1. The average molecular weight is 924 g/mol. The van der Waals surface area contributed by atoms with E-state index in [1.54, 1.807) is 47.1 Å². The SMILES string of the molecule is NC(=O)C1C2C(=O)OC(c3ccccc3)C(c3ccccc3)N2C(c2ccc(OCCO)cc2)C12C(=O)N(C(=O)OCc1ccc([N+](=O)[O-])cc1)c1ccc(C#CCn3nnc4ccccc43)cc12. The third-order valence-electron chi connectivity index (χ3n) is 12.9. The number of nitrogens with two attached hydrogens (primary N) is 1. The van der Waals surface area contributed by atoms with Crippen LogP contribution in [0.4, 0.5) is 16.2 Å². The number of aliphatic hydroxyl groups excluding tert-OH is 1. The fourth-order valence-electron chi connectivity index (χ4n) is 10.1. The number of aromatic nitrogens is 3. The summed E-state index contributed by atoms with van der Waals surface area (Å²) in [4.78, 5) is 73.9. The second kappa shape index (κ2) is 18.2. The molecule has 1 aromatic heterocycles. The summed E-state index contributed by atoms with van der Waals surface area (Å²) in [6.45, 7) is -0.475. The fourth-order valence-corrected chi connectivity index (χ4v) is 10.1. The summed E-state index contributed by atoms with van der Waals surface area (Å²) in [5, 5.41) is 29.4. The van der Waals surface area contributed by atoms with E-state index in [1.807, 2.05) is 89.8 Å². The Bertz CT molecular complexity index is 3190. The van der Waals surface area contributed by atoms with E-state index >= 15 is 9.59 Å². The molecule has 0 aliphatic carbocycles. The van der Waals surface area contributed by atoms with Gasteiger partial charge in [0.25, 0.3) is 5.69 Å². The molecule has 4 heterocycles. The van der Waals surface area contributed by atoms with Gasteiger partial charge < -0.3 is 25.1 Å². The van der Waals surface area contributed by atoms with Crippen molar-refractivity contribution in [1.82, 2.24) is 19.9 Å². The molecule has 7 aromatic rings. The molecular formula is C52H41N7O10. The Morgan fingerprint density at radius 1 is 0.841 bits per heavy atom. The highest BCUT2D eigenvalue weighted by Gasteiger charge is 2.75. The quantitative estimate of drug-likeness (QED) is 0.0635. The van der Waals surface area contributed by atoms with Crippen molar-refractivity contribution in [2.75, 3.05) is 18.1 Å². The molecule has 69 heavy (non-hydrogen) atoms. The normalized spacial score (nSPS) is 21.5. The van der Waals surface area contributed by atoms with Crippen molar-refractivity contribution in [3.05, 3.63) is 195 Å². The van der Waals surface area contributed by atoms with Crippen LogP contribution in [0.3, 0.4) is 0 Å². The van der Waals surface area contributed by atoms with E-state index in [0.29, 0.717) is 39.1 Å². The smallest absolute Gasteiger partial charge is 0.421 e. The Morgan fingerprint density at radius 2 is 1.54 bits per heavy atom. The number of hydrogen-bond acceptors (Lipinski definition) is 13. The van der Waals surface area contributed by atoms with E-state index in [9.17, 15) is 24.8 Å². The first-order valence-electron chi connectivity index (χ1n) is 22.0. The van der Waals surface area contributed by atoms with Crippen molar-refractivity contribution < 1.29 is 43.4 Å². The minimum atomic E-state index is -2.14. The number of rotatable bonds is 11. The molecule has 2 fully saturated rings. The van der Waals surface area contributed by atoms with E-state index in [1.165, 1.54) is 24.3 Å². The van der Waals surface area contributed by atoms with Crippen LogP contribution in [-0.2, 0) is 42.4 Å². The van der Waals surface area contributed by atoms with Gasteiger partial charge in [0.15, 0.2) is 0 Å². The summed E-state index contributed by atoms with van der Waals surface area (Å²) in [6.07, 6.45) is -2.07. The van der Waals surface area contributed by atoms with Crippen molar-refractivity contribution in [3.63, 3.8) is 0 Å². The minimum Gasteiger partial charge on any atom is -0.491 e. The first-order chi connectivity index (χ1) is 33.6. The number of carbonyl (C=O) groups is 4. The Kier molecular flexibility index (Phi) is 11.6. The average Bonchev–Trinajstić information content (AvgIpc) is 4.02. The number of amides is 3. The van der Waals surface area contributed by atoms with Crippen LogP contribution >= 0.6 is 0 Å². The lowest BCUT2D eigenvalue weighted by molar-refractivity contribution is -0.384. The minimum absolute atomic E-state index is 0.00505. The summed E-state index contributed by atoms with van der Waals surface area (Å²) >= 11 is 0. The molecule has 0 saturated carbocycles. The number of anilines is 1. The molecule has 17 nitrogen and oxygen atoms in total. The zero-order valence-corrected chi connectivity index (χ0v) is 36.5. The number of imide groups is 1. The van der Waals surface area contributed by atoms with Gasteiger partial charge in [-0.2, -0.15) is 0 Å². The number of non-ortho nitro benzene ring substituents is 1. The monoisotopic (exact) mass is 923 g/mol. The highest BCUT2D eigenvalue weighted by atomic mass is 16.6. The van der Waals surface area contributed by atoms with E-state index in [2.05, 4.69) is 22.2 Å². The van der Waals surface area contributed by atoms with Crippen LogP contribution in [0, 0.1) is 27.9 Å². The molecule has 17 heteroatoms. The molecule has 3 aliphatic heterocycles. The van der Waals surface area contributed by atoms with Gasteiger partial charge in [0.1, 0.15) is 48.6 Å². The fraction of sp³-hybridized carbons (Fsp3) is 0.192. The predicted molar refractivity (Wildman–Crippen MR) is 248 cm³/mol. The number of para-hydroxylation sites is 1. The number of fused-ring (bicyclic) bond motifs is 4. The molecule has 344 valence electrons. The third-order valence-corrected chi connectivity index (χ3v) is 12.9. The van der Waals surface area contributed by atoms with Crippen LogP contribution in [0.1, 0.15) is 51.6 Å². The summed E-state index contributed by atoms with van der Waals surface area (Å²) in [5.41, 5.74) is 8.49. The maximum Gasteiger partial charge on any atom is 0.421 e. The molecule has 2 saturated heterocycles. The van der Waals surface area contributed by atoms with Gasteiger partial charge in [-0.1, -0.05) is 102 Å². The van der Waals surface area contributed by atoms with Crippen molar-refractivity contribution >= 4 is 46.3 Å². The number of benzene rings is 6. The molecule has 0 radical (unpaired) electrons. The predicted octanol–water partition coefficient (Wildman–Crippen LogP) is 6.25. The van der Waals surface area contributed by atoms with Crippen LogP contribution in [0.2, 0.25) is 0 Å². The zero-order valence-electron chi connectivity index (χ0n) is 36.5. The molecule has 3 amide bonds. The number of esters is 1. The molecule has 1 spiro atoms. The lowest BCUT2D eigenvalue weighted by Gasteiger charge is -2.46. The maximum absolute atomic E-state index is 16.2. The molecule has 6 unspecified atom stereocenters. The Morgan fingerprint density at radius 3 is 2.23 bits per heavy atom. The summed E-state index contributed by atoms with van der Waals surface area (Å²) in [5.74, 6) is 2.33. The standard InChI is InChI=1S/C52H41N7O10/c53-48(61)43-45-49(62)69-46(35-13-5-2-6-14-35)44(34-11-3-1-4-12-34)58(45)47(36-20-24-38(25-21-36)67-29-28-60)52(43)39-30-32(10-9-27-56-42-16-8-7-15-40(42)54-55-56)19-26-41(39)57(50(52)63)51(64)68-31-33-17-22-37(23-18-33)59(65)66/h1-8,11-26,30,43-47,60H,27-29,31H2,(H2,53,61). The largest absolute Gasteiger partial charge is 0.491 e. The summed E-state index contributed by atoms with van der Waals surface area (Å²) in [6, 6.07) is 39.3. The van der Waals surface area contributed by atoms with Crippen LogP contribution in [0.25, 0.3) is 11.0 Å². The van der Waals surface area contributed by atoms with Crippen LogP contribution in [0.15, 0.2) is 152 Å². The number of nitrogens with zero attached hydrogens (tertiary/aromatic N) is 6. The van der Waals surface area contributed by atoms with E-state index in [-0.39, 0.29) is 43.3 Å². The first kappa shape index (κ1) is 44.1. The van der Waals surface area contributed by atoms with Gasteiger partial charge in [-0.15, -0.1) is 5.10 Å². The van der Waals surface area contributed by atoms with Crippen molar-refractivity contribution in [1.29, 1.82) is 0 Å². The zero-order chi connectivity index (χ0) is 47.8. The molecule has 10 rings (SSSR count). The number of nitro groups is 1. The van der Waals surface area contributed by atoms with Crippen molar-refractivity contribution in [2.45, 2.75) is 42.8 Å². The Balaban J connectivity index is 1.18. The van der Waals surface area contributed by atoms with Gasteiger partial charge in [0.2, 0.25) is 11.8 Å². The second-order valence-electron chi connectivity index (χ2n) is 16.7. The number of morpholine rings is 1. The van der Waals surface area contributed by atoms with Gasteiger partial charge in [0, 0.05) is 17.7 Å². The second-order valence-corrected chi connectivity index (χ2v) is 16.7.